The molecule has 0 saturated carbocycles. The monoisotopic (exact) mass is 427 g/mol. The molecule has 0 aliphatic rings. The number of carbonyl (C=O) groups excluding carboxylic acids is 1. The number of nitrogens with zero attached hydrogens (tertiary/aromatic N) is 1. The summed E-state index contributed by atoms with van der Waals surface area (Å²) in [6.45, 7) is 0.244. The van der Waals surface area contributed by atoms with E-state index in [1.165, 1.54) is 26.2 Å². The number of sulfonamides is 1. The molecule has 0 aliphatic carbocycles. The van der Waals surface area contributed by atoms with Crippen LogP contribution in [0.4, 0.5) is 0 Å². The molecule has 0 radical (unpaired) electrons. The van der Waals surface area contributed by atoms with E-state index in [2.05, 4.69) is 15.9 Å². The molecule has 0 amide bonds. The fourth-order valence-corrected chi connectivity index (χ4v) is 3.27. The SMILES string of the molecule is CN(C)S(=O)(=O)c1ccc(OCCOC(=O)c2ccccc2Br)cc1. The van der Waals surface area contributed by atoms with Crippen molar-refractivity contribution in [1.82, 2.24) is 4.31 Å². The average molecular weight is 428 g/mol. The van der Waals surface area contributed by atoms with Crippen LogP contribution in [0.3, 0.4) is 0 Å². The normalized spacial score (nSPS) is 11.4. The number of ether oxygens (including phenoxy) is 2. The highest BCUT2D eigenvalue weighted by Gasteiger charge is 2.16. The van der Waals surface area contributed by atoms with Crippen molar-refractivity contribution in [2.24, 2.45) is 0 Å². The van der Waals surface area contributed by atoms with Gasteiger partial charge in [-0.25, -0.2) is 17.5 Å². The molecular weight excluding hydrogens is 410 g/mol. The van der Waals surface area contributed by atoms with Gasteiger partial charge < -0.3 is 9.47 Å². The number of rotatable bonds is 7. The van der Waals surface area contributed by atoms with Crippen LogP contribution in [0.5, 0.6) is 5.75 Å². The summed E-state index contributed by atoms with van der Waals surface area (Å²) in [4.78, 5) is 12.1. The molecule has 2 aromatic rings. The molecule has 0 aromatic heterocycles. The molecule has 8 heteroatoms. The maximum atomic E-state index is 12.0. The topological polar surface area (TPSA) is 72.9 Å². The number of benzene rings is 2. The first-order valence-electron chi connectivity index (χ1n) is 7.39. The van der Waals surface area contributed by atoms with Gasteiger partial charge in [0.2, 0.25) is 10.0 Å². The van der Waals surface area contributed by atoms with Crippen LogP contribution in [0.15, 0.2) is 57.9 Å². The van der Waals surface area contributed by atoms with E-state index in [1.54, 1.807) is 30.3 Å². The van der Waals surface area contributed by atoms with Crippen molar-refractivity contribution >= 4 is 31.9 Å². The number of esters is 1. The van der Waals surface area contributed by atoms with Crippen molar-refractivity contribution in [1.29, 1.82) is 0 Å². The van der Waals surface area contributed by atoms with Gasteiger partial charge in [0, 0.05) is 18.6 Å². The van der Waals surface area contributed by atoms with Gasteiger partial charge in [-0.05, 0) is 52.3 Å². The zero-order valence-corrected chi connectivity index (χ0v) is 16.2. The van der Waals surface area contributed by atoms with E-state index >= 15 is 0 Å². The highest BCUT2D eigenvalue weighted by atomic mass is 79.9. The smallest absolute Gasteiger partial charge is 0.339 e. The number of halogens is 1. The molecule has 2 aromatic carbocycles. The molecule has 0 atom stereocenters. The van der Waals surface area contributed by atoms with Crippen molar-refractivity contribution in [3.63, 3.8) is 0 Å². The van der Waals surface area contributed by atoms with Gasteiger partial charge in [0.1, 0.15) is 19.0 Å². The lowest BCUT2D eigenvalue weighted by Crippen LogP contribution is -2.22. The zero-order chi connectivity index (χ0) is 18.4. The lowest BCUT2D eigenvalue weighted by atomic mass is 10.2. The van der Waals surface area contributed by atoms with Crippen molar-refractivity contribution in [3.8, 4) is 5.75 Å². The Morgan fingerprint density at radius 1 is 1.04 bits per heavy atom. The molecule has 0 aliphatic heterocycles. The van der Waals surface area contributed by atoms with E-state index in [0.717, 1.165) is 4.31 Å². The van der Waals surface area contributed by atoms with Gasteiger partial charge >= 0.3 is 5.97 Å². The minimum Gasteiger partial charge on any atom is -0.490 e. The number of carbonyl (C=O) groups is 1. The van der Waals surface area contributed by atoms with Crippen LogP contribution in [-0.2, 0) is 14.8 Å². The maximum absolute atomic E-state index is 12.0. The Labute approximate surface area is 155 Å². The Hall–Kier alpha value is -1.90. The van der Waals surface area contributed by atoms with Gasteiger partial charge in [-0.2, -0.15) is 0 Å². The summed E-state index contributed by atoms with van der Waals surface area (Å²) < 4.78 is 36.3. The van der Waals surface area contributed by atoms with Crippen molar-refractivity contribution in [2.45, 2.75) is 4.90 Å². The summed E-state index contributed by atoms with van der Waals surface area (Å²) in [5, 5.41) is 0. The predicted molar refractivity (Wildman–Crippen MR) is 97.2 cm³/mol. The molecule has 0 N–H and O–H groups in total. The van der Waals surface area contributed by atoms with E-state index in [9.17, 15) is 13.2 Å². The Bertz CT molecular complexity index is 834. The molecule has 0 spiro atoms. The highest BCUT2D eigenvalue weighted by molar-refractivity contribution is 9.10. The molecule has 0 fully saturated rings. The third kappa shape index (κ3) is 5.04. The summed E-state index contributed by atoms with van der Waals surface area (Å²) in [7, 11) is -0.518. The third-order valence-corrected chi connectivity index (χ3v) is 5.80. The van der Waals surface area contributed by atoms with Crippen LogP contribution in [-0.4, -0.2) is 46.0 Å². The van der Waals surface area contributed by atoms with Gasteiger partial charge in [0.05, 0.1) is 10.5 Å². The van der Waals surface area contributed by atoms with E-state index in [0.29, 0.717) is 15.8 Å². The van der Waals surface area contributed by atoms with Gasteiger partial charge in [0.25, 0.3) is 0 Å². The largest absolute Gasteiger partial charge is 0.490 e. The fourth-order valence-electron chi connectivity index (χ4n) is 1.92. The first kappa shape index (κ1) is 19.4. The van der Waals surface area contributed by atoms with Crippen molar-refractivity contribution in [3.05, 3.63) is 58.6 Å². The minimum absolute atomic E-state index is 0.0813. The lowest BCUT2D eigenvalue weighted by molar-refractivity contribution is 0.0449. The Kier molecular flexibility index (Phi) is 6.57. The first-order chi connectivity index (χ1) is 11.8. The average Bonchev–Trinajstić information content (AvgIpc) is 2.59. The molecule has 0 unspecified atom stereocenters. The van der Waals surface area contributed by atoms with Crippen LogP contribution in [0.25, 0.3) is 0 Å². The fraction of sp³-hybridized carbons (Fsp3) is 0.235. The summed E-state index contributed by atoms with van der Waals surface area (Å²) in [6.07, 6.45) is 0. The number of hydrogen-bond acceptors (Lipinski definition) is 5. The first-order valence-corrected chi connectivity index (χ1v) is 9.62. The molecule has 6 nitrogen and oxygen atoms in total. The number of hydrogen-bond donors (Lipinski definition) is 0. The Morgan fingerprint density at radius 3 is 2.28 bits per heavy atom. The van der Waals surface area contributed by atoms with Gasteiger partial charge in [-0.15, -0.1) is 0 Å². The third-order valence-electron chi connectivity index (χ3n) is 3.28. The minimum atomic E-state index is -3.46. The molecule has 0 bridgehead atoms. The van der Waals surface area contributed by atoms with E-state index in [1.807, 2.05) is 6.07 Å². The van der Waals surface area contributed by atoms with E-state index in [-0.39, 0.29) is 18.1 Å². The van der Waals surface area contributed by atoms with Gasteiger partial charge in [-0.1, -0.05) is 12.1 Å². The van der Waals surface area contributed by atoms with Crippen LogP contribution >= 0.6 is 15.9 Å². The second-order valence-corrected chi connectivity index (χ2v) is 8.23. The Morgan fingerprint density at radius 2 is 1.68 bits per heavy atom. The second-order valence-electron chi connectivity index (χ2n) is 5.22. The lowest BCUT2D eigenvalue weighted by Gasteiger charge is -2.12. The summed E-state index contributed by atoms with van der Waals surface area (Å²) in [6, 6.07) is 13.0. The predicted octanol–water partition coefficient (Wildman–Crippen LogP) is 2.94. The maximum Gasteiger partial charge on any atom is 0.339 e. The van der Waals surface area contributed by atoms with Crippen LogP contribution in [0.2, 0.25) is 0 Å². The quantitative estimate of drug-likeness (QED) is 0.501. The van der Waals surface area contributed by atoms with Gasteiger partial charge in [-0.3, -0.25) is 0 Å². The summed E-state index contributed by atoms with van der Waals surface area (Å²) in [5.74, 6) is 0.0538. The molecule has 2 rings (SSSR count). The summed E-state index contributed by atoms with van der Waals surface area (Å²) >= 11 is 3.29. The van der Waals surface area contributed by atoms with Gasteiger partial charge in [0.15, 0.2) is 0 Å². The van der Waals surface area contributed by atoms with E-state index < -0.39 is 16.0 Å². The van der Waals surface area contributed by atoms with Crippen LogP contribution in [0, 0.1) is 0 Å². The van der Waals surface area contributed by atoms with E-state index in [4.69, 9.17) is 9.47 Å². The second kappa shape index (κ2) is 8.46. The molecule has 0 saturated heterocycles. The highest BCUT2D eigenvalue weighted by Crippen LogP contribution is 2.19. The molecule has 134 valence electrons. The zero-order valence-electron chi connectivity index (χ0n) is 13.8. The molecule has 25 heavy (non-hydrogen) atoms. The summed E-state index contributed by atoms with van der Waals surface area (Å²) in [5.41, 5.74) is 0.445. The Balaban J connectivity index is 1.85. The van der Waals surface area contributed by atoms with Crippen molar-refractivity contribution < 1.29 is 22.7 Å². The van der Waals surface area contributed by atoms with Crippen LogP contribution < -0.4 is 4.74 Å². The van der Waals surface area contributed by atoms with Crippen LogP contribution in [0.1, 0.15) is 10.4 Å². The standard InChI is InChI=1S/C17H18BrNO5S/c1-19(2)25(21,22)14-9-7-13(8-10-14)23-11-12-24-17(20)15-5-3-4-6-16(15)18/h3-10H,11-12H2,1-2H3. The van der Waals surface area contributed by atoms with Crippen molar-refractivity contribution in [2.75, 3.05) is 27.3 Å². The molecule has 0 heterocycles. The molecular formula is C17H18BrNO5S.